The zero-order valence-electron chi connectivity index (χ0n) is 4.78. The zero-order chi connectivity index (χ0) is 10.9. The number of hydrogen-bond acceptors (Lipinski definition) is 0. The Morgan fingerprint density at radius 2 is 0.583 bits per heavy atom. The van der Waals surface area contributed by atoms with Crippen LogP contribution >= 0.6 is 0 Å². The normalized spacial score (nSPS) is 18.5. The van der Waals surface area contributed by atoms with Crippen LogP contribution in [0.4, 0.5) is 21.0 Å². The summed E-state index contributed by atoms with van der Waals surface area (Å²) in [6, 6.07) is 0. The van der Waals surface area contributed by atoms with Gasteiger partial charge in [-0.25, -0.2) is 0 Å². The summed E-state index contributed by atoms with van der Waals surface area (Å²) in [5.74, 6) is 0. The van der Waals surface area contributed by atoms with E-state index in [1.165, 1.54) is 0 Å². The van der Waals surface area contributed by atoms with Crippen molar-refractivity contribution in [2.45, 2.75) is 0 Å². The quantitative estimate of drug-likeness (QED) is 0.341. The topological polar surface area (TPSA) is 0 Å². The second kappa shape index (κ2) is 3.21. The van der Waals surface area contributed by atoms with Crippen LogP contribution in [0.5, 0.6) is 0 Å². The van der Waals surface area contributed by atoms with E-state index in [2.05, 4.69) is 0 Å². The molecule has 0 amide bonds. The minimum absolute atomic E-state index is 7.34. The van der Waals surface area contributed by atoms with Gasteiger partial charge >= 0.3 is 73.1 Å². The second-order valence-electron chi connectivity index (χ2n) is 1.50. The van der Waals surface area contributed by atoms with E-state index in [1.54, 1.807) is 0 Å². The van der Waals surface area contributed by atoms with Crippen molar-refractivity contribution in [3.8, 4) is 0 Å². The zero-order valence-corrected chi connectivity index (χ0v) is 13.1. The van der Waals surface area contributed by atoms with Crippen LogP contribution in [-0.2, 0) is 0 Å². The van der Waals surface area contributed by atoms with Gasteiger partial charge in [0.1, 0.15) is 0 Å². The summed E-state index contributed by atoms with van der Waals surface area (Å²) >= 11 is -18.8. The van der Waals surface area contributed by atoms with Crippen LogP contribution in [0.25, 0.3) is 0 Å². The molecule has 0 spiro atoms. The molecule has 0 aliphatic rings. The molecule has 12 heteroatoms. The van der Waals surface area contributed by atoms with Gasteiger partial charge in [-0.15, -0.1) is 0 Å². The molecule has 0 fully saturated rings. The van der Waals surface area contributed by atoms with Crippen LogP contribution in [0.1, 0.15) is 0 Å². The van der Waals surface area contributed by atoms with Gasteiger partial charge in [0.05, 0.1) is 0 Å². The van der Waals surface area contributed by atoms with Crippen LogP contribution in [0, 0.1) is 52.2 Å². The van der Waals surface area contributed by atoms with Crippen molar-refractivity contribution >= 4 is 0 Å². The molecule has 0 saturated carbocycles. The Morgan fingerprint density at radius 1 is 0.583 bits per heavy atom. The Morgan fingerprint density at radius 3 is 0.583 bits per heavy atom. The third kappa shape index (κ3) is 626. The van der Waals surface area contributed by atoms with E-state index in [0.717, 1.165) is 0 Å². The first-order valence-electron chi connectivity index (χ1n) is 1.89. The summed E-state index contributed by atoms with van der Waals surface area (Å²) < 4.78 is 99.3. The number of rotatable bonds is 0. The predicted molar refractivity (Wildman–Crippen MR) is 11.1 cm³/mol. The molecule has 0 bridgehead atoms. The Balaban J connectivity index is 0. The van der Waals surface area contributed by atoms with E-state index < -0.39 is 52.2 Å². The Hall–Kier alpha value is 1.40. The average Bonchev–Trinajstić information content (AvgIpc) is 1.04. The first-order valence-corrected chi connectivity index (χ1v) is 17.6. The van der Waals surface area contributed by atoms with E-state index in [1.807, 2.05) is 0 Å². The van der Waals surface area contributed by atoms with Crippen LogP contribution in [0.15, 0.2) is 0 Å². The molecule has 0 N–H and O–H groups in total. The standard InChI is InChI=1S/10FH.2U/h10*1H;;/q;;;;;;;;;;+4;+6/p-10. The molecule has 0 heterocycles. The summed E-state index contributed by atoms with van der Waals surface area (Å²) in [5.41, 5.74) is 0. The molecule has 0 aromatic carbocycles. The van der Waals surface area contributed by atoms with Crippen molar-refractivity contribution in [3.63, 3.8) is 0 Å². The summed E-state index contributed by atoms with van der Waals surface area (Å²) in [6.45, 7) is 0. The van der Waals surface area contributed by atoms with Gasteiger partial charge < -0.3 is 0 Å². The summed E-state index contributed by atoms with van der Waals surface area (Å²) in [4.78, 5) is 0. The fourth-order valence-corrected chi connectivity index (χ4v) is 0. The third-order valence-electron chi connectivity index (χ3n) is 0. The monoisotopic (exact) mass is 666 g/mol. The summed E-state index contributed by atoms with van der Waals surface area (Å²) in [7, 11) is 0. The van der Waals surface area contributed by atoms with E-state index in [-0.39, 0.29) is 0 Å². The van der Waals surface area contributed by atoms with Gasteiger partial charge in [0.15, 0.2) is 0 Å². The van der Waals surface area contributed by atoms with Crippen molar-refractivity contribution in [2.75, 3.05) is 0 Å². The summed E-state index contributed by atoms with van der Waals surface area (Å²) in [6.07, 6.45) is 0. The van der Waals surface area contributed by atoms with E-state index in [0.29, 0.717) is 0 Å². The fraction of sp³-hybridized carbons (Fsp3) is 0. The van der Waals surface area contributed by atoms with Crippen LogP contribution in [-0.4, -0.2) is 0 Å². The van der Waals surface area contributed by atoms with Crippen molar-refractivity contribution in [3.05, 3.63) is 0 Å². The molecule has 0 radical (unpaired) electrons. The van der Waals surface area contributed by atoms with Crippen molar-refractivity contribution in [1.29, 1.82) is 0 Å². The number of hydrogen-bond donors (Lipinski definition) is 0. The van der Waals surface area contributed by atoms with Crippen LogP contribution in [0.3, 0.4) is 0 Å². The molecule has 0 aliphatic heterocycles. The van der Waals surface area contributed by atoms with Gasteiger partial charge in [-0.2, -0.15) is 0 Å². The SMILES string of the molecule is [F][U]([F])([F])([F])([F])[F].[F][U]([F])([F])[F]. The molecule has 0 atom stereocenters. The van der Waals surface area contributed by atoms with Crippen molar-refractivity contribution in [1.82, 2.24) is 0 Å². The van der Waals surface area contributed by atoms with Gasteiger partial charge in [-0.3, -0.25) is 0 Å². The third-order valence-corrected chi connectivity index (χ3v) is 0. The van der Waals surface area contributed by atoms with Crippen molar-refractivity contribution in [2.24, 2.45) is 0 Å². The Bertz CT molecular complexity index is 118. The molecule has 0 rings (SSSR count). The van der Waals surface area contributed by atoms with E-state index in [4.69, 9.17) is 0 Å². The maximum absolute atomic E-state index is 11.4. The molecular formula is F10U2. The van der Waals surface area contributed by atoms with E-state index >= 15 is 0 Å². The average molecular weight is 666 g/mol. The molecule has 0 saturated heterocycles. The molecule has 0 unspecified atom stereocenters. The molecule has 0 nitrogen and oxygen atoms in total. The van der Waals surface area contributed by atoms with E-state index in [9.17, 15) is 21.0 Å². The molecular weight excluding hydrogens is 666 g/mol. The summed E-state index contributed by atoms with van der Waals surface area (Å²) in [5, 5.41) is 0. The Kier molecular flexibility index (Phi) is 4.25. The predicted octanol–water partition coefficient (Wildman–Crippen LogP) is 4.20. The van der Waals surface area contributed by atoms with Gasteiger partial charge in [0.25, 0.3) is 0 Å². The van der Waals surface area contributed by atoms with Crippen LogP contribution < -0.4 is 0 Å². The first kappa shape index (κ1) is 15.9. The molecule has 0 aromatic heterocycles. The number of halogens is 10. The minimum atomic E-state index is -11.4. The van der Waals surface area contributed by atoms with Crippen LogP contribution in [0.2, 0.25) is 0 Å². The Labute approximate surface area is 72.3 Å². The first-order chi connectivity index (χ1) is 4.45. The van der Waals surface area contributed by atoms with Crippen molar-refractivity contribution < 1.29 is 73.1 Å². The van der Waals surface area contributed by atoms with Gasteiger partial charge in [-0.1, -0.05) is 0 Å². The fourth-order valence-electron chi connectivity index (χ4n) is 0. The van der Waals surface area contributed by atoms with Gasteiger partial charge in [0, 0.05) is 0 Å². The molecule has 78 valence electrons. The molecule has 0 aromatic rings. The maximum atomic E-state index is 9.94. The molecule has 12 heavy (non-hydrogen) atoms. The second-order valence-corrected chi connectivity index (χ2v) is 14.0. The van der Waals surface area contributed by atoms with Gasteiger partial charge in [0.2, 0.25) is 0 Å². The molecule has 0 aliphatic carbocycles. The van der Waals surface area contributed by atoms with Gasteiger partial charge in [-0.05, 0) is 0 Å².